The molecule has 1 aliphatic rings. The molecule has 0 radical (unpaired) electrons. The fraction of sp³-hybridized carbons (Fsp3) is 0.875. The van der Waals surface area contributed by atoms with Crippen LogP contribution in [0, 0.1) is 0 Å². The second-order valence-corrected chi connectivity index (χ2v) is 2.97. The summed E-state index contributed by atoms with van der Waals surface area (Å²) in [6.45, 7) is 5.24. The van der Waals surface area contributed by atoms with Gasteiger partial charge in [0.05, 0.1) is 0 Å². The normalized spacial score (nSPS) is 19.0. The minimum Gasteiger partial charge on any atom is -0.346 e. The lowest BCUT2D eigenvalue weighted by molar-refractivity contribution is 0.317. The smallest absolute Gasteiger partial charge is 0.196 e. The van der Waals surface area contributed by atoms with E-state index in [1.54, 1.807) is 0 Å². The fourth-order valence-electron chi connectivity index (χ4n) is 1.42. The predicted octanol–water partition coefficient (Wildman–Crippen LogP) is 0.630. The van der Waals surface area contributed by atoms with E-state index < -0.39 is 0 Å². The minimum absolute atomic E-state index is 0.879. The molecule has 0 aliphatic carbocycles. The van der Waals surface area contributed by atoms with Gasteiger partial charge in [-0.1, -0.05) is 0 Å². The standard InChI is InChI=1S/C8H17N3/c1-4-9-8-10(2)6-5-7-11(8)3/h4-7H2,1-3H3. The van der Waals surface area contributed by atoms with Crippen molar-refractivity contribution in [2.75, 3.05) is 33.7 Å². The average Bonchev–Trinajstić information content (AvgIpc) is 1.97. The monoisotopic (exact) mass is 155 g/mol. The highest BCUT2D eigenvalue weighted by molar-refractivity contribution is 5.80. The maximum absolute atomic E-state index is 4.41. The van der Waals surface area contributed by atoms with Crippen molar-refractivity contribution in [1.29, 1.82) is 0 Å². The molecule has 1 saturated heterocycles. The van der Waals surface area contributed by atoms with Crippen molar-refractivity contribution in [2.45, 2.75) is 13.3 Å². The van der Waals surface area contributed by atoms with Crippen molar-refractivity contribution in [3.8, 4) is 0 Å². The molecular weight excluding hydrogens is 138 g/mol. The van der Waals surface area contributed by atoms with E-state index in [0.717, 1.165) is 25.6 Å². The second kappa shape index (κ2) is 3.60. The molecule has 0 atom stereocenters. The van der Waals surface area contributed by atoms with Gasteiger partial charge in [0.25, 0.3) is 0 Å². The zero-order valence-electron chi connectivity index (χ0n) is 7.67. The van der Waals surface area contributed by atoms with Crippen LogP contribution in [0.15, 0.2) is 4.99 Å². The van der Waals surface area contributed by atoms with Gasteiger partial charge in [0, 0.05) is 33.7 Å². The molecule has 0 amide bonds. The van der Waals surface area contributed by atoms with Gasteiger partial charge in [-0.05, 0) is 13.3 Å². The van der Waals surface area contributed by atoms with E-state index in [-0.39, 0.29) is 0 Å². The van der Waals surface area contributed by atoms with Gasteiger partial charge in [0.2, 0.25) is 0 Å². The Hall–Kier alpha value is -0.730. The molecule has 1 heterocycles. The molecule has 3 heteroatoms. The lowest BCUT2D eigenvalue weighted by Crippen LogP contribution is -2.46. The van der Waals surface area contributed by atoms with Crippen LogP contribution in [-0.2, 0) is 0 Å². The first-order chi connectivity index (χ1) is 5.25. The summed E-state index contributed by atoms with van der Waals surface area (Å²) in [4.78, 5) is 8.84. The van der Waals surface area contributed by atoms with Gasteiger partial charge in [0.15, 0.2) is 5.96 Å². The predicted molar refractivity (Wildman–Crippen MR) is 47.9 cm³/mol. The van der Waals surface area contributed by atoms with E-state index in [0.29, 0.717) is 0 Å². The summed E-state index contributed by atoms with van der Waals surface area (Å²) in [6, 6.07) is 0. The summed E-state index contributed by atoms with van der Waals surface area (Å²) in [5.41, 5.74) is 0. The van der Waals surface area contributed by atoms with Crippen LogP contribution in [0.5, 0.6) is 0 Å². The Morgan fingerprint density at radius 3 is 2.27 bits per heavy atom. The largest absolute Gasteiger partial charge is 0.346 e. The molecule has 3 nitrogen and oxygen atoms in total. The first-order valence-electron chi connectivity index (χ1n) is 4.22. The summed E-state index contributed by atoms with van der Waals surface area (Å²) in [7, 11) is 4.20. The Balaban J connectivity index is 2.62. The quantitative estimate of drug-likeness (QED) is 0.553. The summed E-state index contributed by atoms with van der Waals surface area (Å²) >= 11 is 0. The SMILES string of the molecule is CCN=C1N(C)CCCN1C. The van der Waals surface area contributed by atoms with Crippen LogP contribution in [0.3, 0.4) is 0 Å². The van der Waals surface area contributed by atoms with Crippen molar-refractivity contribution in [2.24, 2.45) is 4.99 Å². The lowest BCUT2D eigenvalue weighted by atomic mass is 10.3. The lowest BCUT2D eigenvalue weighted by Gasteiger charge is -2.34. The van der Waals surface area contributed by atoms with Crippen molar-refractivity contribution >= 4 is 5.96 Å². The molecule has 0 unspecified atom stereocenters. The molecule has 0 bridgehead atoms. The molecule has 0 N–H and O–H groups in total. The maximum Gasteiger partial charge on any atom is 0.196 e. The number of nitrogens with zero attached hydrogens (tertiary/aromatic N) is 3. The minimum atomic E-state index is 0.879. The van der Waals surface area contributed by atoms with Crippen molar-refractivity contribution in [1.82, 2.24) is 9.80 Å². The summed E-state index contributed by atoms with van der Waals surface area (Å²) in [5.74, 6) is 1.14. The van der Waals surface area contributed by atoms with Gasteiger partial charge in [0.1, 0.15) is 0 Å². The van der Waals surface area contributed by atoms with Gasteiger partial charge < -0.3 is 9.80 Å². The van der Waals surface area contributed by atoms with Gasteiger partial charge in [-0.25, -0.2) is 0 Å². The molecule has 1 fully saturated rings. The summed E-state index contributed by atoms with van der Waals surface area (Å²) < 4.78 is 0. The van der Waals surface area contributed by atoms with E-state index >= 15 is 0 Å². The molecule has 0 aromatic heterocycles. The fourth-order valence-corrected chi connectivity index (χ4v) is 1.42. The highest BCUT2D eigenvalue weighted by atomic mass is 15.4. The molecule has 64 valence electrons. The molecule has 11 heavy (non-hydrogen) atoms. The first-order valence-corrected chi connectivity index (χ1v) is 4.22. The van der Waals surface area contributed by atoms with Crippen LogP contribution in [0.4, 0.5) is 0 Å². The number of rotatable bonds is 1. The highest BCUT2D eigenvalue weighted by Crippen LogP contribution is 2.04. The van der Waals surface area contributed by atoms with Crippen LogP contribution in [0.1, 0.15) is 13.3 Å². The second-order valence-electron chi connectivity index (χ2n) is 2.97. The van der Waals surface area contributed by atoms with E-state index in [1.165, 1.54) is 6.42 Å². The van der Waals surface area contributed by atoms with Crippen LogP contribution in [0.25, 0.3) is 0 Å². The molecule has 1 rings (SSSR count). The summed E-state index contributed by atoms with van der Waals surface area (Å²) in [6.07, 6.45) is 1.25. The third kappa shape index (κ3) is 1.85. The Bertz CT molecular complexity index is 141. The maximum atomic E-state index is 4.41. The van der Waals surface area contributed by atoms with Crippen molar-refractivity contribution in [3.05, 3.63) is 0 Å². The van der Waals surface area contributed by atoms with Crippen LogP contribution < -0.4 is 0 Å². The average molecular weight is 155 g/mol. The van der Waals surface area contributed by atoms with E-state index in [9.17, 15) is 0 Å². The Kier molecular flexibility index (Phi) is 2.74. The Morgan fingerprint density at radius 2 is 1.82 bits per heavy atom. The number of guanidine groups is 1. The van der Waals surface area contributed by atoms with E-state index in [1.807, 2.05) is 0 Å². The molecular formula is C8H17N3. The molecule has 0 spiro atoms. The van der Waals surface area contributed by atoms with Crippen LogP contribution in [-0.4, -0.2) is 49.5 Å². The molecule has 0 aromatic carbocycles. The summed E-state index contributed by atoms with van der Waals surface area (Å²) in [5, 5.41) is 0. The van der Waals surface area contributed by atoms with Gasteiger partial charge in [-0.3, -0.25) is 4.99 Å². The third-order valence-electron chi connectivity index (χ3n) is 1.97. The van der Waals surface area contributed by atoms with Gasteiger partial charge in [-0.15, -0.1) is 0 Å². The van der Waals surface area contributed by atoms with Crippen molar-refractivity contribution in [3.63, 3.8) is 0 Å². The zero-order valence-corrected chi connectivity index (χ0v) is 7.67. The van der Waals surface area contributed by atoms with E-state index in [2.05, 4.69) is 35.8 Å². The van der Waals surface area contributed by atoms with Crippen molar-refractivity contribution < 1.29 is 0 Å². The highest BCUT2D eigenvalue weighted by Gasteiger charge is 2.15. The Morgan fingerprint density at radius 1 is 1.27 bits per heavy atom. The number of aliphatic imine (C=N–C) groups is 1. The van der Waals surface area contributed by atoms with E-state index in [4.69, 9.17) is 0 Å². The molecule has 0 aromatic rings. The first kappa shape index (κ1) is 8.37. The third-order valence-corrected chi connectivity index (χ3v) is 1.97. The molecule has 0 saturated carbocycles. The Labute approximate surface area is 68.7 Å². The molecule has 1 aliphatic heterocycles. The topological polar surface area (TPSA) is 18.8 Å². The number of hydrogen-bond acceptors (Lipinski definition) is 1. The van der Waals surface area contributed by atoms with Gasteiger partial charge >= 0.3 is 0 Å². The number of hydrogen-bond donors (Lipinski definition) is 0. The van der Waals surface area contributed by atoms with Gasteiger partial charge in [-0.2, -0.15) is 0 Å². The zero-order chi connectivity index (χ0) is 8.27. The van der Waals surface area contributed by atoms with Crippen LogP contribution in [0.2, 0.25) is 0 Å². The van der Waals surface area contributed by atoms with Crippen LogP contribution >= 0.6 is 0 Å².